The standard InChI is InChI=1S/C21H25NOS/c1-22-12-6-7-16(14-22)13-21(23)18-9-3-2-8-17(18)15-24-20-11-5-4-10-19(20)21/h2-5,8-11,16,23H,6-7,12-15H2,1H3. The van der Waals surface area contributed by atoms with Crippen molar-refractivity contribution < 1.29 is 5.11 Å². The lowest BCUT2D eigenvalue weighted by Gasteiger charge is -2.37. The van der Waals surface area contributed by atoms with Crippen molar-refractivity contribution in [3.8, 4) is 0 Å². The van der Waals surface area contributed by atoms with Gasteiger partial charge in [-0.1, -0.05) is 42.5 Å². The van der Waals surface area contributed by atoms with Gasteiger partial charge in [-0.25, -0.2) is 0 Å². The molecule has 1 saturated heterocycles. The summed E-state index contributed by atoms with van der Waals surface area (Å²) in [5, 5.41) is 12.0. The van der Waals surface area contributed by atoms with Crippen LogP contribution in [0, 0.1) is 5.92 Å². The fourth-order valence-electron chi connectivity index (χ4n) is 4.36. The van der Waals surface area contributed by atoms with Crippen molar-refractivity contribution in [2.75, 3.05) is 20.1 Å². The number of fused-ring (bicyclic) bond motifs is 2. The first-order valence-electron chi connectivity index (χ1n) is 8.88. The molecule has 0 amide bonds. The summed E-state index contributed by atoms with van der Waals surface area (Å²) in [6.45, 7) is 2.26. The van der Waals surface area contributed by atoms with Gasteiger partial charge in [-0.05, 0) is 56.0 Å². The summed E-state index contributed by atoms with van der Waals surface area (Å²) < 4.78 is 0. The van der Waals surface area contributed by atoms with Crippen LogP contribution in [-0.2, 0) is 11.4 Å². The second-order valence-electron chi connectivity index (χ2n) is 7.28. The van der Waals surface area contributed by atoms with Crippen molar-refractivity contribution in [2.45, 2.75) is 35.5 Å². The minimum Gasteiger partial charge on any atom is -0.380 e. The van der Waals surface area contributed by atoms with Crippen LogP contribution < -0.4 is 0 Å². The molecule has 0 aliphatic carbocycles. The summed E-state index contributed by atoms with van der Waals surface area (Å²) in [5.74, 6) is 1.47. The summed E-state index contributed by atoms with van der Waals surface area (Å²) in [5.41, 5.74) is 2.59. The van der Waals surface area contributed by atoms with Gasteiger partial charge >= 0.3 is 0 Å². The highest BCUT2D eigenvalue weighted by Gasteiger charge is 2.39. The fraction of sp³-hybridized carbons (Fsp3) is 0.429. The van der Waals surface area contributed by atoms with E-state index in [2.05, 4.69) is 60.5 Å². The number of rotatable bonds is 2. The Morgan fingerprint density at radius 1 is 1.12 bits per heavy atom. The topological polar surface area (TPSA) is 23.5 Å². The predicted octanol–water partition coefficient (Wildman–Crippen LogP) is 4.26. The van der Waals surface area contributed by atoms with E-state index >= 15 is 0 Å². The Morgan fingerprint density at radius 2 is 1.88 bits per heavy atom. The van der Waals surface area contributed by atoms with E-state index in [0.29, 0.717) is 5.92 Å². The van der Waals surface area contributed by atoms with Gasteiger partial charge in [-0.2, -0.15) is 0 Å². The molecule has 1 fully saturated rings. The minimum absolute atomic E-state index is 0.540. The summed E-state index contributed by atoms with van der Waals surface area (Å²) in [6, 6.07) is 16.9. The molecule has 0 radical (unpaired) electrons. The molecule has 0 saturated carbocycles. The van der Waals surface area contributed by atoms with Crippen molar-refractivity contribution in [2.24, 2.45) is 5.92 Å². The number of hydrogen-bond donors (Lipinski definition) is 1. The summed E-state index contributed by atoms with van der Waals surface area (Å²) in [6.07, 6.45) is 3.26. The molecule has 2 aliphatic heterocycles. The normalized spacial score (nSPS) is 27.2. The molecule has 3 heteroatoms. The zero-order valence-electron chi connectivity index (χ0n) is 14.2. The Balaban J connectivity index is 1.79. The average Bonchev–Trinajstić information content (AvgIpc) is 2.71. The van der Waals surface area contributed by atoms with Gasteiger partial charge in [0.1, 0.15) is 5.60 Å². The molecule has 2 aromatic carbocycles. The number of thioether (sulfide) groups is 1. The quantitative estimate of drug-likeness (QED) is 0.884. The van der Waals surface area contributed by atoms with Crippen LogP contribution in [0.15, 0.2) is 53.4 Å². The van der Waals surface area contributed by atoms with E-state index < -0.39 is 5.60 Å². The monoisotopic (exact) mass is 339 g/mol. The third-order valence-corrected chi connectivity index (χ3v) is 6.61. The first kappa shape index (κ1) is 16.2. The highest BCUT2D eigenvalue weighted by molar-refractivity contribution is 7.98. The average molecular weight is 340 g/mol. The number of aliphatic hydroxyl groups is 1. The molecule has 4 rings (SSSR count). The highest BCUT2D eigenvalue weighted by Crippen LogP contribution is 2.46. The van der Waals surface area contributed by atoms with Crippen molar-refractivity contribution in [3.05, 3.63) is 65.2 Å². The molecule has 2 atom stereocenters. The molecule has 0 spiro atoms. The Labute approximate surface area is 148 Å². The molecule has 2 heterocycles. The molecular weight excluding hydrogens is 314 g/mol. The van der Waals surface area contributed by atoms with E-state index in [1.165, 1.54) is 29.8 Å². The lowest BCUT2D eigenvalue weighted by Crippen LogP contribution is -2.38. The zero-order chi connectivity index (χ0) is 16.6. The van der Waals surface area contributed by atoms with Gasteiger partial charge in [-0.15, -0.1) is 11.8 Å². The Kier molecular flexibility index (Phi) is 4.42. The smallest absolute Gasteiger partial charge is 0.116 e. The van der Waals surface area contributed by atoms with E-state index in [1.807, 2.05) is 11.8 Å². The third kappa shape index (κ3) is 2.90. The van der Waals surface area contributed by atoms with Gasteiger partial charge < -0.3 is 10.0 Å². The predicted molar refractivity (Wildman–Crippen MR) is 100 cm³/mol. The van der Waals surface area contributed by atoms with E-state index in [0.717, 1.165) is 29.8 Å². The van der Waals surface area contributed by atoms with Crippen LogP contribution in [0.2, 0.25) is 0 Å². The first-order valence-corrected chi connectivity index (χ1v) is 9.87. The van der Waals surface area contributed by atoms with Gasteiger partial charge in [0.15, 0.2) is 0 Å². The highest BCUT2D eigenvalue weighted by atomic mass is 32.2. The van der Waals surface area contributed by atoms with Crippen LogP contribution in [0.25, 0.3) is 0 Å². The van der Waals surface area contributed by atoms with Crippen LogP contribution in [0.4, 0.5) is 0 Å². The van der Waals surface area contributed by atoms with Crippen molar-refractivity contribution in [3.63, 3.8) is 0 Å². The fourth-order valence-corrected chi connectivity index (χ4v) is 5.49. The lowest BCUT2D eigenvalue weighted by molar-refractivity contribution is 0.0343. The van der Waals surface area contributed by atoms with Gasteiger partial charge in [0.25, 0.3) is 0 Å². The molecule has 126 valence electrons. The second-order valence-corrected chi connectivity index (χ2v) is 8.29. The minimum atomic E-state index is -0.875. The molecular formula is C21H25NOS. The van der Waals surface area contributed by atoms with E-state index in [9.17, 15) is 5.11 Å². The van der Waals surface area contributed by atoms with Crippen LogP contribution in [0.3, 0.4) is 0 Å². The van der Waals surface area contributed by atoms with Gasteiger partial charge in [0.2, 0.25) is 0 Å². The van der Waals surface area contributed by atoms with Crippen molar-refractivity contribution in [1.29, 1.82) is 0 Å². The summed E-state index contributed by atoms with van der Waals surface area (Å²) >= 11 is 1.85. The summed E-state index contributed by atoms with van der Waals surface area (Å²) in [7, 11) is 2.20. The van der Waals surface area contributed by atoms with E-state index in [4.69, 9.17) is 0 Å². The molecule has 2 unspecified atom stereocenters. The number of nitrogens with zero attached hydrogens (tertiary/aromatic N) is 1. The molecule has 2 nitrogen and oxygen atoms in total. The number of hydrogen-bond acceptors (Lipinski definition) is 3. The number of piperidine rings is 1. The maximum absolute atomic E-state index is 12.0. The maximum Gasteiger partial charge on any atom is 0.116 e. The SMILES string of the molecule is CN1CCCC(CC2(O)c3ccccc3CSc3ccccc32)C1. The van der Waals surface area contributed by atoms with Crippen LogP contribution in [0.5, 0.6) is 0 Å². The Hall–Kier alpha value is -1.29. The third-order valence-electron chi connectivity index (χ3n) is 5.48. The number of benzene rings is 2. The molecule has 2 aromatic rings. The largest absolute Gasteiger partial charge is 0.380 e. The number of likely N-dealkylation sites (tertiary alicyclic amines) is 1. The zero-order valence-corrected chi connectivity index (χ0v) is 15.1. The second kappa shape index (κ2) is 6.55. The van der Waals surface area contributed by atoms with Crippen molar-refractivity contribution in [1.82, 2.24) is 4.90 Å². The Morgan fingerprint density at radius 3 is 2.71 bits per heavy atom. The van der Waals surface area contributed by atoms with Crippen LogP contribution in [0.1, 0.15) is 36.0 Å². The van der Waals surface area contributed by atoms with Gasteiger partial charge in [0, 0.05) is 22.8 Å². The first-order chi connectivity index (χ1) is 11.7. The molecule has 0 bridgehead atoms. The van der Waals surface area contributed by atoms with Crippen LogP contribution >= 0.6 is 11.8 Å². The lowest BCUT2D eigenvalue weighted by atomic mass is 9.76. The van der Waals surface area contributed by atoms with E-state index in [1.54, 1.807) is 0 Å². The summed E-state index contributed by atoms with van der Waals surface area (Å²) in [4.78, 5) is 3.63. The molecule has 2 aliphatic rings. The van der Waals surface area contributed by atoms with Crippen LogP contribution in [-0.4, -0.2) is 30.1 Å². The van der Waals surface area contributed by atoms with Crippen molar-refractivity contribution >= 4 is 11.8 Å². The molecule has 24 heavy (non-hydrogen) atoms. The van der Waals surface area contributed by atoms with Gasteiger partial charge in [-0.3, -0.25) is 0 Å². The Bertz CT molecular complexity index is 682. The molecule has 1 N–H and O–H groups in total. The maximum atomic E-state index is 12.0. The van der Waals surface area contributed by atoms with E-state index in [-0.39, 0.29) is 0 Å². The molecule has 0 aromatic heterocycles. The van der Waals surface area contributed by atoms with Gasteiger partial charge in [0.05, 0.1) is 0 Å².